The summed E-state index contributed by atoms with van der Waals surface area (Å²) in [6.07, 6.45) is 7.17. The highest BCUT2D eigenvalue weighted by Gasteiger charge is 2.27. The van der Waals surface area contributed by atoms with Crippen LogP contribution in [0.3, 0.4) is 0 Å². The summed E-state index contributed by atoms with van der Waals surface area (Å²) >= 11 is 1.65. The molecule has 1 aliphatic carbocycles. The van der Waals surface area contributed by atoms with E-state index in [0.717, 1.165) is 23.4 Å². The molecule has 1 amide bonds. The van der Waals surface area contributed by atoms with Crippen LogP contribution in [0, 0.1) is 0 Å². The molecule has 1 heterocycles. The van der Waals surface area contributed by atoms with Crippen LogP contribution in [0.5, 0.6) is 0 Å². The number of carbonyl (C=O) groups is 1. The molecule has 2 nitrogen and oxygen atoms in total. The second kappa shape index (κ2) is 3.42. The van der Waals surface area contributed by atoms with E-state index in [4.69, 9.17) is 0 Å². The zero-order valence-corrected chi connectivity index (χ0v) is 8.06. The van der Waals surface area contributed by atoms with E-state index in [2.05, 4.69) is 24.0 Å². The van der Waals surface area contributed by atoms with Gasteiger partial charge in [-0.25, -0.2) is 0 Å². The Labute approximate surface area is 81.8 Å². The number of allylic oxidation sites excluding steroid dienone is 3. The van der Waals surface area contributed by atoms with Gasteiger partial charge in [0.1, 0.15) is 5.25 Å². The molecule has 0 aromatic rings. The lowest BCUT2D eigenvalue weighted by Crippen LogP contribution is -2.37. The molecule has 0 saturated carbocycles. The van der Waals surface area contributed by atoms with Gasteiger partial charge in [0.05, 0.1) is 0 Å². The predicted molar refractivity (Wildman–Crippen MR) is 55.4 cm³/mol. The Balaban J connectivity index is 2.12. The molecule has 13 heavy (non-hydrogen) atoms. The monoisotopic (exact) mass is 193 g/mol. The number of rotatable bonds is 1. The van der Waals surface area contributed by atoms with E-state index >= 15 is 0 Å². The first-order chi connectivity index (χ1) is 6.27. The first-order valence-electron chi connectivity index (χ1n) is 4.24. The molecule has 1 atom stereocenters. The quantitative estimate of drug-likeness (QED) is 0.685. The molecule has 1 aliphatic heterocycles. The topological polar surface area (TPSA) is 29.1 Å². The molecule has 0 aromatic heterocycles. The van der Waals surface area contributed by atoms with Gasteiger partial charge in [-0.3, -0.25) is 4.79 Å². The fraction of sp³-hybridized carbons (Fsp3) is 0.300. The summed E-state index contributed by atoms with van der Waals surface area (Å²) in [4.78, 5) is 11.5. The maximum atomic E-state index is 11.5. The van der Waals surface area contributed by atoms with Crippen LogP contribution in [-0.4, -0.2) is 16.9 Å². The molecule has 2 rings (SSSR count). The molecule has 68 valence electrons. The third-order valence-corrected chi connectivity index (χ3v) is 3.40. The molecule has 1 fully saturated rings. The number of thioether (sulfide) groups is 1. The van der Waals surface area contributed by atoms with Crippen molar-refractivity contribution >= 4 is 17.7 Å². The normalized spacial score (nSPS) is 27.4. The largest absolute Gasteiger partial charge is 0.328 e. The maximum Gasteiger partial charge on any atom is 0.241 e. The molecule has 0 spiro atoms. The summed E-state index contributed by atoms with van der Waals surface area (Å²) in [5.74, 6) is 0.890. The molecule has 0 radical (unpaired) electrons. The van der Waals surface area contributed by atoms with Crippen molar-refractivity contribution in [1.82, 2.24) is 5.32 Å². The van der Waals surface area contributed by atoms with Gasteiger partial charge in [-0.1, -0.05) is 24.8 Å². The average molecular weight is 193 g/mol. The molecular weight excluding hydrogens is 182 g/mol. The maximum absolute atomic E-state index is 11.5. The smallest absolute Gasteiger partial charge is 0.241 e. The van der Waals surface area contributed by atoms with E-state index in [1.165, 1.54) is 0 Å². The number of amides is 1. The van der Waals surface area contributed by atoms with Gasteiger partial charge in [-0.2, -0.15) is 0 Å². The van der Waals surface area contributed by atoms with Gasteiger partial charge in [0.15, 0.2) is 0 Å². The molecule has 1 saturated heterocycles. The van der Waals surface area contributed by atoms with Crippen LogP contribution in [0.4, 0.5) is 0 Å². The minimum absolute atomic E-state index is 0.0238. The van der Waals surface area contributed by atoms with Crippen molar-refractivity contribution in [2.45, 2.75) is 11.7 Å². The number of hydrogen-bond donors (Lipinski definition) is 1. The Bertz CT molecular complexity index is 317. The third kappa shape index (κ3) is 1.70. The highest BCUT2D eigenvalue weighted by atomic mass is 32.2. The Morgan fingerprint density at radius 1 is 1.62 bits per heavy atom. The standard InChI is InChI=1S/C10H11NOS/c1-7-6-13-9(10(12)11-7)8-4-2-3-5-8/h2,4-5,9H,1,3,6H2,(H,11,12). The van der Waals surface area contributed by atoms with Crippen molar-refractivity contribution in [2.75, 3.05) is 5.75 Å². The van der Waals surface area contributed by atoms with Gasteiger partial charge in [-0.15, -0.1) is 11.8 Å². The van der Waals surface area contributed by atoms with Gasteiger partial charge < -0.3 is 5.32 Å². The van der Waals surface area contributed by atoms with E-state index in [-0.39, 0.29) is 11.2 Å². The number of hydrogen-bond acceptors (Lipinski definition) is 2. The van der Waals surface area contributed by atoms with Crippen LogP contribution < -0.4 is 5.32 Å². The predicted octanol–water partition coefficient (Wildman–Crippen LogP) is 1.62. The highest BCUT2D eigenvalue weighted by Crippen LogP contribution is 2.28. The van der Waals surface area contributed by atoms with E-state index in [1.807, 2.05) is 6.08 Å². The lowest BCUT2D eigenvalue weighted by Gasteiger charge is -2.23. The molecule has 0 bridgehead atoms. The molecule has 2 aliphatic rings. The molecular formula is C10H11NOS. The molecule has 0 aromatic carbocycles. The summed E-state index contributed by atoms with van der Waals surface area (Å²) in [5.41, 5.74) is 1.95. The molecule has 3 heteroatoms. The zero-order valence-electron chi connectivity index (χ0n) is 7.25. The fourth-order valence-electron chi connectivity index (χ4n) is 1.45. The first-order valence-corrected chi connectivity index (χ1v) is 5.29. The summed E-state index contributed by atoms with van der Waals surface area (Å²) < 4.78 is 0. The first kappa shape index (κ1) is 8.63. The summed E-state index contributed by atoms with van der Waals surface area (Å²) in [6, 6.07) is 0. The van der Waals surface area contributed by atoms with Crippen molar-refractivity contribution in [1.29, 1.82) is 0 Å². The fourth-order valence-corrected chi connectivity index (χ4v) is 2.47. The van der Waals surface area contributed by atoms with Gasteiger partial charge in [-0.05, 0) is 12.0 Å². The molecule has 1 N–H and O–H groups in total. The van der Waals surface area contributed by atoms with Crippen LogP contribution in [0.2, 0.25) is 0 Å². The lowest BCUT2D eigenvalue weighted by atomic mass is 10.2. The van der Waals surface area contributed by atoms with Gasteiger partial charge >= 0.3 is 0 Å². The van der Waals surface area contributed by atoms with Crippen molar-refractivity contribution in [3.63, 3.8) is 0 Å². The van der Waals surface area contributed by atoms with Crippen molar-refractivity contribution in [3.8, 4) is 0 Å². The van der Waals surface area contributed by atoms with E-state index < -0.39 is 0 Å². The average Bonchev–Trinajstić information content (AvgIpc) is 2.56. The Morgan fingerprint density at radius 2 is 2.46 bits per heavy atom. The second-order valence-corrected chi connectivity index (χ2v) is 4.22. The van der Waals surface area contributed by atoms with Crippen LogP contribution >= 0.6 is 11.8 Å². The van der Waals surface area contributed by atoms with Crippen molar-refractivity contribution in [2.24, 2.45) is 0 Å². The van der Waals surface area contributed by atoms with E-state index in [0.29, 0.717) is 0 Å². The van der Waals surface area contributed by atoms with Crippen LogP contribution in [0.15, 0.2) is 36.1 Å². The van der Waals surface area contributed by atoms with Crippen LogP contribution in [0.25, 0.3) is 0 Å². The number of nitrogens with one attached hydrogen (secondary N) is 1. The summed E-state index contributed by atoms with van der Waals surface area (Å²) in [6.45, 7) is 3.74. The minimum Gasteiger partial charge on any atom is -0.328 e. The van der Waals surface area contributed by atoms with Crippen molar-refractivity contribution < 1.29 is 4.79 Å². The Morgan fingerprint density at radius 3 is 3.08 bits per heavy atom. The van der Waals surface area contributed by atoms with Gasteiger partial charge in [0, 0.05) is 11.4 Å². The van der Waals surface area contributed by atoms with Gasteiger partial charge in [0.25, 0.3) is 0 Å². The summed E-state index contributed by atoms with van der Waals surface area (Å²) in [5, 5.41) is 2.75. The SMILES string of the molecule is C=C1CSC(C2=CCC=C2)C(=O)N1. The van der Waals surface area contributed by atoms with Crippen LogP contribution in [0.1, 0.15) is 6.42 Å². The Hall–Kier alpha value is -0.960. The minimum atomic E-state index is -0.0238. The summed E-state index contributed by atoms with van der Waals surface area (Å²) in [7, 11) is 0. The van der Waals surface area contributed by atoms with Gasteiger partial charge in [0.2, 0.25) is 5.91 Å². The number of carbonyl (C=O) groups excluding carboxylic acids is 1. The third-order valence-electron chi connectivity index (χ3n) is 2.07. The molecule has 1 unspecified atom stereocenters. The Kier molecular flexibility index (Phi) is 2.27. The van der Waals surface area contributed by atoms with E-state index in [1.54, 1.807) is 11.8 Å². The zero-order chi connectivity index (χ0) is 9.26. The van der Waals surface area contributed by atoms with E-state index in [9.17, 15) is 4.79 Å². The van der Waals surface area contributed by atoms with Crippen LogP contribution in [-0.2, 0) is 4.79 Å². The lowest BCUT2D eigenvalue weighted by molar-refractivity contribution is -0.119. The van der Waals surface area contributed by atoms with Crippen molar-refractivity contribution in [3.05, 3.63) is 36.1 Å². The second-order valence-electron chi connectivity index (χ2n) is 3.13. The highest BCUT2D eigenvalue weighted by molar-refractivity contribution is 8.01.